The Kier molecular flexibility index (Phi) is 2.95. The molecule has 0 bridgehead atoms. The van der Waals surface area contributed by atoms with Crippen molar-refractivity contribution in [1.82, 2.24) is 9.88 Å². The van der Waals surface area contributed by atoms with Crippen LogP contribution in [0.5, 0.6) is 5.75 Å². The number of aliphatic carboxylic acids is 1. The van der Waals surface area contributed by atoms with E-state index < -0.39 is 17.9 Å². The van der Waals surface area contributed by atoms with Gasteiger partial charge in [0, 0.05) is 12.7 Å². The number of carbonyl (C=O) groups is 2. The summed E-state index contributed by atoms with van der Waals surface area (Å²) in [5.41, 5.74) is 0.179. The molecule has 0 spiro atoms. The first-order valence-electron chi connectivity index (χ1n) is 5.25. The fourth-order valence-corrected chi connectivity index (χ4v) is 1.97. The molecule has 1 saturated heterocycles. The van der Waals surface area contributed by atoms with Crippen molar-refractivity contribution >= 4 is 11.9 Å². The van der Waals surface area contributed by atoms with E-state index in [2.05, 4.69) is 4.98 Å². The standard InChI is InChI=1S/C11H12N2O4/c14-8-4-7(5-12-6-8)10(15)13-3-1-2-9(13)11(16)17/h4-6,9,14H,1-3H2,(H,16,17)/p-1/t9-/m0/s1. The molecule has 2 rings (SSSR count). The number of carboxylic acids is 1. The van der Waals surface area contributed by atoms with E-state index in [4.69, 9.17) is 0 Å². The Balaban J connectivity index is 2.23. The van der Waals surface area contributed by atoms with Crippen LogP contribution in [0.4, 0.5) is 0 Å². The third kappa shape index (κ3) is 2.20. The molecule has 17 heavy (non-hydrogen) atoms. The number of hydrogen-bond donors (Lipinski definition) is 1. The summed E-state index contributed by atoms with van der Waals surface area (Å²) in [7, 11) is 0. The fraction of sp³-hybridized carbons (Fsp3) is 0.364. The molecule has 1 aliphatic rings. The lowest BCUT2D eigenvalue weighted by molar-refractivity contribution is -0.310. The quantitative estimate of drug-likeness (QED) is 0.720. The number of likely N-dealkylation sites (tertiary alicyclic amines) is 1. The van der Waals surface area contributed by atoms with Crippen LogP contribution in [0.1, 0.15) is 23.2 Å². The highest BCUT2D eigenvalue weighted by molar-refractivity contribution is 5.96. The Morgan fingerprint density at radius 1 is 1.47 bits per heavy atom. The van der Waals surface area contributed by atoms with Gasteiger partial charge in [0.15, 0.2) is 0 Å². The number of rotatable bonds is 2. The molecule has 90 valence electrons. The van der Waals surface area contributed by atoms with Crippen LogP contribution in [0.3, 0.4) is 0 Å². The van der Waals surface area contributed by atoms with Gasteiger partial charge in [0.1, 0.15) is 5.75 Å². The second kappa shape index (κ2) is 4.40. The van der Waals surface area contributed by atoms with Crippen molar-refractivity contribution in [2.45, 2.75) is 18.9 Å². The Morgan fingerprint density at radius 3 is 2.88 bits per heavy atom. The van der Waals surface area contributed by atoms with E-state index in [9.17, 15) is 19.8 Å². The molecular weight excluding hydrogens is 224 g/mol. The highest BCUT2D eigenvalue weighted by Gasteiger charge is 2.30. The molecule has 2 heterocycles. The number of amides is 1. The van der Waals surface area contributed by atoms with Crippen LogP contribution in [0.15, 0.2) is 18.5 Å². The minimum atomic E-state index is -1.25. The van der Waals surface area contributed by atoms with Gasteiger partial charge in [-0.2, -0.15) is 0 Å². The average Bonchev–Trinajstić information content (AvgIpc) is 2.77. The van der Waals surface area contributed by atoms with E-state index >= 15 is 0 Å². The second-order valence-corrected chi connectivity index (χ2v) is 3.91. The lowest BCUT2D eigenvalue weighted by Crippen LogP contribution is -2.47. The molecule has 1 N–H and O–H groups in total. The van der Waals surface area contributed by atoms with Crippen molar-refractivity contribution in [3.63, 3.8) is 0 Å². The normalized spacial score (nSPS) is 19.3. The summed E-state index contributed by atoms with van der Waals surface area (Å²) >= 11 is 0. The van der Waals surface area contributed by atoms with Crippen LogP contribution in [0.25, 0.3) is 0 Å². The fourth-order valence-electron chi connectivity index (χ4n) is 1.97. The molecule has 1 aromatic rings. The molecule has 6 heteroatoms. The summed E-state index contributed by atoms with van der Waals surface area (Å²) in [6, 6.07) is 0.379. The number of carbonyl (C=O) groups excluding carboxylic acids is 2. The topological polar surface area (TPSA) is 93.6 Å². The molecule has 1 aliphatic heterocycles. The van der Waals surface area contributed by atoms with Gasteiger partial charge in [0.05, 0.1) is 23.8 Å². The molecule has 0 aromatic carbocycles. The van der Waals surface area contributed by atoms with Gasteiger partial charge < -0.3 is 19.9 Å². The molecule has 1 amide bonds. The zero-order valence-corrected chi connectivity index (χ0v) is 9.00. The van der Waals surface area contributed by atoms with Crippen molar-refractivity contribution in [1.29, 1.82) is 0 Å². The molecule has 0 radical (unpaired) electrons. The van der Waals surface area contributed by atoms with Crippen LogP contribution in [0.2, 0.25) is 0 Å². The van der Waals surface area contributed by atoms with E-state index in [0.717, 1.165) is 0 Å². The number of carboxylic acid groups (broad SMARTS) is 1. The molecule has 1 aromatic heterocycles. The molecule has 6 nitrogen and oxygen atoms in total. The van der Waals surface area contributed by atoms with Gasteiger partial charge in [0.2, 0.25) is 0 Å². The molecule has 0 unspecified atom stereocenters. The SMILES string of the molecule is O=C([O-])[C@@H]1CCCN1C(=O)c1cncc(O)c1. The van der Waals surface area contributed by atoms with Gasteiger partial charge in [-0.3, -0.25) is 9.78 Å². The highest BCUT2D eigenvalue weighted by atomic mass is 16.4. The highest BCUT2D eigenvalue weighted by Crippen LogP contribution is 2.20. The van der Waals surface area contributed by atoms with Gasteiger partial charge in [-0.05, 0) is 18.9 Å². The predicted octanol–water partition coefficient (Wildman–Crippen LogP) is -0.858. The van der Waals surface area contributed by atoms with Gasteiger partial charge in [-0.25, -0.2) is 0 Å². The first-order chi connectivity index (χ1) is 8.09. The zero-order valence-electron chi connectivity index (χ0n) is 9.00. The Labute approximate surface area is 97.5 Å². The zero-order chi connectivity index (χ0) is 12.4. The summed E-state index contributed by atoms with van der Waals surface area (Å²) in [6.07, 6.45) is 3.54. The van der Waals surface area contributed by atoms with Crippen molar-refractivity contribution in [2.24, 2.45) is 0 Å². The van der Waals surface area contributed by atoms with Crippen molar-refractivity contribution < 1.29 is 19.8 Å². The third-order valence-electron chi connectivity index (χ3n) is 2.76. The van der Waals surface area contributed by atoms with Crippen LogP contribution in [0, 0.1) is 0 Å². The smallest absolute Gasteiger partial charge is 0.256 e. The van der Waals surface area contributed by atoms with E-state index in [1.54, 1.807) is 0 Å². The Hall–Kier alpha value is -2.11. The van der Waals surface area contributed by atoms with Crippen molar-refractivity contribution in [2.75, 3.05) is 6.54 Å². The van der Waals surface area contributed by atoms with E-state index in [-0.39, 0.29) is 11.3 Å². The van der Waals surface area contributed by atoms with Crippen molar-refractivity contribution in [3.8, 4) is 5.75 Å². The van der Waals surface area contributed by atoms with Gasteiger partial charge >= 0.3 is 0 Å². The van der Waals surface area contributed by atoms with Crippen LogP contribution >= 0.6 is 0 Å². The maximum absolute atomic E-state index is 12.0. The van der Waals surface area contributed by atoms with Crippen molar-refractivity contribution in [3.05, 3.63) is 24.0 Å². The van der Waals surface area contributed by atoms with E-state index in [1.165, 1.54) is 23.4 Å². The molecule has 0 saturated carbocycles. The van der Waals surface area contributed by atoms with Crippen LogP contribution in [-0.2, 0) is 4.79 Å². The largest absolute Gasteiger partial charge is 0.548 e. The summed E-state index contributed by atoms with van der Waals surface area (Å²) < 4.78 is 0. The van der Waals surface area contributed by atoms with Gasteiger partial charge in [-0.1, -0.05) is 0 Å². The molecule has 0 aliphatic carbocycles. The number of aromatic nitrogens is 1. The minimum Gasteiger partial charge on any atom is -0.548 e. The number of hydrogen-bond acceptors (Lipinski definition) is 5. The first-order valence-corrected chi connectivity index (χ1v) is 5.25. The lowest BCUT2D eigenvalue weighted by Gasteiger charge is -2.25. The lowest BCUT2D eigenvalue weighted by atomic mass is 10.2. The number of aromatic hydroxyl groups is 1. The van der Waals surface area contributed by atoms with Gasteiger partial charge in [0.25, 0.3) is 5.91 Å². The minimum absolute atomic E-state index is 0.125. The number of nitrogens with zero attached hydrogens (tertiary/aromatic N) is 2. The third-order valence-corrected chi connectivity index (χ3v) is 2.76. The maximum atomic E-state index is 12.0. The average molecular weight is 235 g/mol. The summed E-state index contributed by atoms with van der Waals surface area (Å²) in [6.45, 7) is 0.382. The first kappa shape index (κ1) is 11.4. The monoisotopic (exact) mass is 235 g/mol. The summed E-state index contributed by atoms with van der Waals surface area (Å²) in [5.74, 6) is -1.82. The number of pyridine rings is 1. The molecular formula is C11H11N2O4-. The summed E-state index contributed by atoms with van der Waals surface area (Å²) in [5, 5.41) is 20.1. The Bertz CT molecular complexity index is 461. The van der Waals surface area contributed by atoms with E-state index in [1.807, 2.05) is 0 Å². The van der Waals surface area contributed by atoms with E-state index in [0.29, 0.717) is 19.4 Å². The van der Waals surface area contributed by atoms with Crippen LogP contribution in [-0.4, -0.2) is 39.5 Å². The van der Waals surface area contributed by atoms with Crippen LogP contribution < -0.4 is 5.11 Å². The van der Waals surface area contributed by atoms with Gasteiger partial charge in [-0.15, -0.1) is 0 Å². The second-order valence-electron chi connectivity index (χ2n) is 3.91. The summed E-state index contributed by atoms with van der Waals surface area (Å²) in [4.78, 5) is 27.8. The Morgan fingerprint density at radius 2 is 2.24 bits per heavy atom. The maximum Gasteiger partial charge on any atom is 0.256 e. The predicted molar refractivity (Wildman–Crippen MR) is 55.0 cm³/mol. The molecule has 1 atom stereocenters. The molecule has 1 fully saturated rings.